The lowest BCUT2D eigenvalue weighted by Gasteiger charge is -2.14. The zero-order valence-corrected chi connectivity index (χ0v) is 11.9. The highest BCUT2D eigenvalue weighted by Gasteiger charge is 2.19. The van der Waals surface area contributed by atoms with E-state index in [9.17, 15) is 12.8 Å². The largest absolute Gasteiger partial charge is 0.244 e. The van der Waals surface area contributed by atoms with Crippen LogP contribution >= 0.6 is 0 Å². The molecule has 0 saturated heterocycles. The number of sulfonamides is 1. The van der Waals surface area contributed by atoms with Crippen LogP contribution in [-0.2, 0) is 10.0 Å². The Labute approximate surface area is 122 Å². The fraction of sp³-hybridized carbons (Fsp3) is 0.143. The standard InChI is InChI=1S/C14H12FN3O2S/c1-10(11-3-2-4-12(15)7-11)18-21(19,20)14-6-5-13(8-16)17-9-14/h2-7,9-10,18H,1H3. The van der Waals surface area contributed by atoms with Gasteiger partial charge in [-0.25, -0.2) is 22.5 Å². The van der Waals surface area contributed by atoms with Gasteiger partial charge in [0.25, 0.3) is 0 Å². The van der Waals surface area contributed by atoms with Gasteiger partial charge in [-0.1, -0.05) is 12.1 Å². The molecule has 1 atom stereocenters. The van der Waals surface area contributed by atoms with Gasteiger partial charge in [0.1, 0.15) is 22.5 Å². The number of aromatic nitrogens is 1. The summed E-state index contributed by atoms with van der Waals surface area (Å²) in [5, 5.41) is 8.64. The smallest absolute Gasteiger partial charge is 0.242 e. The van der Waals surface area contributed by atoms with Crippen LogP contribution in [0.3, 0.4) is 0 Å². The first-order chi connectivity index (χ1) is 9.92. The first kappa shape index (κ1) is 15.1. The Balaban J connectivity index is 2.22. The Morgan fingerprint density at radius 2 is 2.10 bits per heavy atom. The second-order valence-electron chi connectivity index (χ2n) is 4.39. The highest BCUT2D eigenvalue weighted by atomic mass is 32.2. The van der Waals surface area contributed by atoms with Crippen LogP contribution in [0, 0.1) is 17.1 Å². The molecule has 1 heterocycles. The highest BCUT2D eigenvalue weighted by Crippen LogP contribution is 2.17. The van der Waals surface area contributed by atoms with Gasteiger partial charge in [-0.3, -0.25) is 0 Å². The second-order valence-corrected chi connectivity index (χ2v) is 6.10. The van der Waals surface area contributed by atoms with Crippen LogP contribution in [0.1, 0.15) is 24.2 Å². The molecule has 0 fully saturated rings. The molecule has 0 radical (unpaired) electrons. The first-order valence-corrected chi connectivity index (χ1v) is 7.54. The van der Waals surface area contributed by atoms with Crippen LogP contribution in [0.5, 0.6) is 0 Å². The molecule has 108 valence electrons. The van der Waals surface area contributed by atoms with Gasteiger partial charge in [-0.2, -0.15) is 5.26 Å². The number of nitrogens with one attached hydrogen (secondary N) is 1. The fourth-order valence-corrected chi connectivity index (χ4v) is 2.93. The summed E-state index contributed by atoms with van der Waals surface area (Å²) < 4.78 is 39.9. The number of rotatable bonds is 4. The molecule has 1 aromatic carbocycles. The zero-order valence-electron chi connectivity index (χ0n) is 11.1. The fourth-order valence-electron chi connectivity index (χ4n) is 1.75. The number of nitrogens with zero attached hydrogens (tertiary/aromatic N) is 2. The van der Waals surface area contributed by atoms with Gasteiger partial charge in [-0.15, -0.1) is 0 Å². The molecule has 5 nitrogen and oxygen atoms in total. The van der Waals surface area contributed by atoms with Crippen LogP contribution in [-0.4, -0.2) is 13.4 Å². The number of hydrogen-bond acceptors (Lipinski definition) is 4. The van der Waals surface area contributed by atoms with E-state index in [1.807, 2.05) is 6.07 Å². The molecule has 0 aliphatic heterocycles. The molecule has 21 heavy (non-hydrogen) atoms. The van der Waals surface area contributed by atoms with Crippen LogP contribution in [0.2, 0.25) is 0 Å². The Hall–Kier alpha value is -2.30. The number of pyridine rings is 1. The quantitative estimate of drug-likeness (QED) is 0.938. The maximum absolute atomic E-state index is 13.1. The third-order valence-corrected chi connectivity index (χ3v) is 4.37. The topological polar surface area (TPSA) is 82.9 Å². The molecule has 1 N–H and O–H groups in total. The summed E-state index contributed by atoms with van der Waals surface area (Å²) in [5.74, 6) is -0.432. The van der Waals surface area contributed by atoms with Crippen molar-refractivity contribution in [1.29, 1.82) is 5.26 Å². The lowest BCUT2D eigenvalue weighted by molar-refractivity contribution is 0.564. The van der Waals surface area contributed by atoms with Crippen LogP contribution in [0.15, 0.2) is 47.5 Å². The van der Waals surface area contributed by atoms with Crippen molar-refractivity contribution < 1.29 is 12.8 Å². The maximum atomic E-state index is 13.1. The third kappa shape index (κ3) is 3.62. The minimum atomic E-state index is -3.79. The maximum Gasteiger partial charge on any atom is 0.242 e. The van der Waals surface area contributed by atoms with Crippen molar-refractivity contribution in [2.24, 2.45) is 0 Å². The summed E-state index contributed by atoms with van der Waals surface area (Å²) in [7, 11) is -3.79. The zero-order chi connectivity index (χ0) is 15.5. The first-order valence-electron chi connectivity index (χ1n) is 6.06. The SMILES string of the molecule is CC(NS(=O)(=O)c1ccc(C#N)nc1)c1cccc(F)c1. The van der Waals surface area contributed by atoms with E-state index in [0.717, 1.165) is 6.20 Å². The van der Waals surface area contributed by atoms with E-state index in [2.05, 4.69) is 9.71 Å². The lowest BCUT2D eigenvalue weighted by Crippen LogP contribution is -2.27. The lowest BCUT2D eigenvalue weighted by atomic mass is 10.1. The second kappa shape index (κ2) is 5.99. The van der Waals surface area contributed by atoms with Gasteiger partial charge in [0, 0.05) is 12.2 Å². The number of hydrogen-bond donors (Lipinski definition) is 1. The molecule has 0 aliphatic carbocycles. The van der Waals surface area contributed by atoms with Gasteiger partial charge >= 0.3 is 0 Å². The molecule has 0 amide bonds. The van der Waals surface area contributed by atoms with Crippen molar-refractivity contribution >= 4 is 10.0 Å². The summed E-state index contributed by atoms with van der Waals surface area (Å²) in [4.78, 5) is 3.67. The van der Waals surface area contributed by atoms with Crippen molar-refractivity contribution in [3.05, 3.63) is 59.7 Å². The molecule has 0 spiro atoms. The van der Waals surface area contributed by atoms with Crippen molar-refractivity contribution in [3.63, 3.8) is 0 Å². The Morgan fingerprint density at radius 3 is 2.67 bits per heavy atom. The minimum Gasteiger partial charge on any atom is -0.244 e. The predicted octanol–water partition coefficient (Wildman–Crippen LogP) is 2.13. The molecule has 2 rings (SSSR count). The number of halogens is 1. The molecule has 1 unspecified atom stereocenters. The van der Waals surface area contributed by atoms with Crippen LogP contribution < -0.4 is 4.72 Å². The van der Waals surface area contributed by atoms with E-state index >= 15 is 0 Å². The van der Waals surface area contributed by atoms with Gasteiger partial charge in [0.2, 0.25) is 10.0 Å². The van der Waals surface area contributed by atoms with Crippen molar-refractivity contribution in [2.45, 2.75) is 17.9 Å². The molecule has 0 aliphatic rings. The predicted molar refractivity (Wildman–Crippen MR) is 74.1 cm³/mol. The van der Waals surface area contributed by atoms with E-state index in [0.29, 0.717) is 5.56 Å². The summed E-state index contributed by atoms with van der Waals surface area (Å²) in [5.41, 5.74) is 0.646. The number of nitriles is 1. The molecule has 7 heteroatoms. The van der Waals surface area contributed by atoms with Crippen LogP contribution in [0.4, 0.5) is 4.39 Å². The van der Waals surface area contributed by atoms with Crippen molar-refractivity contribution in [3.8, 4) is 6.07 Å². The Bertz CT molecular complexity index is 783. The summed E-state index contributed by atoms with van der Waals surface area (Å²) in [6.45, 7) is 1.61. The van der Waals surface area contributed by atoms with Gasteiger partial charge in [0.05, 0.1) is 0 Å². The van der Waals surface area contributed by atoms with Crippen LogP contribution in [0.25, 0.3) is 0 Å². The Kier molecular flexibility index (Phi) is 4.31. The summed E-state index contributed by atoms with van der Waals surface area (Å²) >= 11 is 0. The highest BCUT2D eigenvalue weighted by molar-refractivity contribution is 7.89. The minimum absolute atomic E-state index is 0.0512. The molecular weight excluding hydrogens is 293 g/mol. The monoisotopic (exact) mass is 305 g/mol. The third-order valence-electron chi connectivity index (χ3n) is 2.84. The van der Waals surface area contributed by atoms with E-state index in [4.69, 9.17) is 5.26 Å². The average molecular weight is 305 g/mol. The van der Waals surface area contributed by atoms with E-state index in [-0.39, 0.29) is 10.6 Å². The molecule has 0 bridgehead atoms. The van der Waals surface area contributed by atoms with E-state index < -0.39 is 21.9 Å². The van der Waals surface area contributed by atoms with Crippen molar-refractivity contribution in [2.75, 3.05) is 0 Å². The van der Waals surface area contributed by atoms with Gasteiger partial charge in [0.15, 0.2) is 0 Å². The van der Waals surface area contributed by atoms with E-state index in [1.165, 1.54) is 30.3 Å². The van der Waals surface area contributed by atoms with Gasteiger partial charge < -0.3 is 0 Å². The Morgan fingerprint density at radius 1 is 1.33 bits per heavy atom. The summed E-state index contributed by atoms with van der Waals surface area (Å²) in [6, 6.07) is 9.53. The van der Waals surface area contributed by atoms with E-state index in [1.54, 1.807) is 13.0 Å². The molecule has 0 saturated carbocycles. The average Bonchev–Trinajstić information content (AvgIpc) is 2.47. The molecule has 1 aromatic heterocycles. The van der Waals surface area contributed by atoms with Gasteiger partial charge in [-0.05, 0) is 36.8 Å². The normalized spacial score (nSPS) is 12.6. The van der Waals surface area contributed by atoms with Crippen molar-refractivity contribution in [1.82, 2.24) is 9.71 Å². The summed E-state index contributed by atoms with van der Waals surface area (Å²) in [6.07, 6.45) is 1.11. The molecular formula is C14H12FN3O2S. The molecule has 2 aromatic rings. The number of benzene rings is 1.